The van der Waals surface area contributed by atoms with E-state index >= 15 is 0 Å². The molecule has 6 aromatic rings. The molecule has 4 aromatic heterocycles. The summed E-state index contributed by atoms with van der Waals surface area (Å²) in [5.41, 5.74) is 15.0. The van der Waals surface area contributed by atoms with E-state index in [1.54, 1.807) is 18.5 Å². The number of nitrogens with one attached hydrogen (secondary N) is 7. The van der Waals surface area contributed by atoms with Crippen LogP contribution in [0.3, 0.4) is 0 Å². The molecule has 23 nitrogen and oxygen atoms in total. The third-order valence-corrected chi connectivity index (χ3v) is 17.1. The van der Waals surface area contributed by atoms with Gasteiger partial charge in [0.25, 0.3) is 11.8 Å². The van der Waals surface area contributed by atoms with E-state index in [1.165, 1.54) is 22.4 Å². The van der Waals surface area contributed by atoms with Gasteiger partial charge in [-0.05, 0) is 117 Å². The van der Waals surface area contributed by atoms with E-state index in [0.29, 0.717) is 78.5 Å². The highest BCUT2D eigenvalue weighted by atomic mass is 16.5. The number of nitrogens with two attached hydrogens (primary N) is 1. The Morgan fingerprint density at radius 3 is 1.72 bits per heavy atom. The average Bonchev–Trinajstić information content (AvgIpc) is 4.02. The minimum Gasteiger partial charge on any atom is -0.381 e. The van der Waals surface area contributed by atoms with Gasteiger partial charge in [-0.1, -0.05) is 19.9 Å². The van der Waals surface area contributed by atoms with Gasteiger partial charge in [0.15, 0.2) is 34.7 Å². The SMILES string of the molecule is CCc1cc(Nc2nc(NC3CCOCC3)c(-c3cc[nH]n3)nc2C(=O)NC2CC2N2CCN(C3CCN(c4ccc(Nc5nc(NC6CCOCC6)c(-c6cc[nH]n6)nc5C(N)=O)cc4CC)CC3)CC2)ccc1CN1CCOCC1. The normalized spacial score (nSPS) is 20.8. The fourth-order valence-corrected chi connectivity index (χ4v) is 12.4. The molecule has 2 amide bonds. The van der Waals surface area contributed by atoms with Crippen molar-refractivity contribution >= 4 is 52.1 Å². The first-order valence-electron chi connectivity index (χ1n) is 29.7. The molecule has 9 N–H and O–H groups in total. The maximum atomic E-state index is 14.6. The summed E-state index contributed by atoms with van der Waals surface area (Å²) < 4.78 is 16.9. The molecular formula is C59H78N18O5. The number of aromatic nitrogens is 8. The number of amides is 2. The van der Waals surface area contributed by atoms with Crippen molar-refractivity contribution in [1.29, 1.82) is 0 Å². The number of piperazine rings is 1. The van der Waals surface area contributed by atoms with Gasteiger partial charge >= 0.3 is 0 Å². The Labute approximate surface area is 478 Å². The lowest BCUT2D eigenvalue weighted by molar-refractivity contribution is 0.0341. The van der Waals surface area contributed by atoms with Crippen LogP contribution in [0.25, 0.3) is 22.8 Å². The quantitative estimate of drug-likeness (QED) is 0.0440. The van der Waals surface area contributed by atoms with Crippen molar-refractivity contribution in [3.63, 3.8) is 0 Å². The number of primary amides is 1. The molecule has 0 spiro atoms. The van der Waals surface area contributed by atoms with Crippen LogP contribution in [0, 0.1) is 0 Å². The fraction of sp³-hybridized carbons (Fsp3) is 0.525. The van der Waals surface area contributed by atoms with E-state index in [-0.39, 0.29) is 41.5 Å². The molecule has 2 unspecified atom stereocenters. The molecule has 0 bridgehead atoms. The summed E-state index contributed by atoms with van der Waals surface area (Å²) in [6.07, 6.45) is 11.6. The summed E-state index contributed by atoms with van der Waals surface area (Å²) in [5, 5.41) is 32.1. The van der Waals surface area contributed by atoms with E-state index < -0.39 is 5.91 Å². The third-order valence-electron chi connectivity index (χ3n) is 17.1. The Morgan fingerprint density at radius 2 is 1.15 bits per heavy atom. The molecule has 5 aliphatic heterocycles. The Kier molecular flexibility index (Phi) is 17.2. The number of piperidine rings is 1. The standard InChI is InChI=1S/C59H78N18O5/c1-3-37-33-42(6-5-39(37)36-74-25-31-82-32-26-74)66-58-53(69-51(46-10-18-62-73-46)56(71-58)64-41-15-29-81-30-16-41)59(79)67-47-35-49(47)77-23-21-75(22-24-77)44-11-19-76(20-12-44)48-8-7-43(34-38(48)4-2)65-57-52(54(60)78)68-50(45-9-17-61-72-45)55(70-57)63-40-13-27-80-28-14-40/h5-10,17-18,33-34,40-41,44,47,49H,3-4,11-16,19-32,35-36H2,1-2H3,(H2,60,78)(H,61,72)(H,62,73)(H,67,79)(H2,63,65,70)(H2,64,66,71). The molecule has 0 radical (unpaired) electrons. The number of aryl methyl sites for hydroxylation is 2. The Hall–Kier alpha value is -7.28. The van der Waals surface area contributed by atoms with E-state index in [4.69, 9.17) is 39.9 Å². The monoisotopic (exact) mass is 1120 g/mol. The smallest absolute Gasteiger partial charge is 0.274 e. The predicted octanol–water partition coefficient (Wildman–Crippen LogP) is 5.93. The van der Waals surface area contributed by atoms with E-state index in [0.717, 1.165) is 141 Å². The van der Waals surface area contributed by atoms with Crippen molar-refractivity contribution in [2.75, 3.05) is 118 Å². The summed E-state index contributed by atoms with van der Waals surface area (Å²) in [6, 6.07) is 17.5. The van der Waals surface area contributed by atoms with Crippen molar-refractivity contribution in [1.82, 2.24) is 60.3 Å². The zero-order valence-electron chi connectivity index (χ0n) is 47.2. The zero-order chi connectivity index (χ0) is 55.9. The maximum absolute atomic E-state index is 14.6. The van der Waals surface area contributed by atoms with Crippen molar-refractivity contribution in [3.05, 3.63) is 89.0 Å². The highest BCUT2D eigenvalue weighted by molar-refractivity contribution is 5.99. The van der Waals surface area contributed by atoms with Gasteiger partial charge in [-0.25, -0.2) is 19.9 Å². The summed E-state index contributed by atoms with van der Waals surface area (Å²) in [4.78, 5) is 57.6. The summed E-state index contributed by atoms with van der Waals surface area (Å²) in [5.74, 6) is 0.868. The van der Waals surface area contributed by atoms with Gasteiger partial charge in [-0.15, -0.1) is 0 Å². The van der Waals surface area contributed by atoms with Crippen molar-refractivity contribution in [3.8, 4) is 22.8 Å². The topological polar surface area (TPSA) is 270 Å². The summed E-state index contributed by atoms with van der Waals surface area (Å²) in [6.45, 7) is 17.1. The molecule has 12 rings (SSSR count). The number of rotatable bonds is 20. The van der Waals surface area contributed by atoms with Gasteiger partial charge in [0.05, 0.1) is 13.2 Å². The largest absolute Gasteiger partial charge is 0.381 e. The van der Waals surface area contributed by atoms with Crippen LogP contribution in [-0.4, -0.2) is 189 Å². The predicted molar refractivity (Wildman–Crippen MR) is 315 cm³/mol. The van der Waals surface area contributed by atoms with Crippen LogP contribution in [0.4, 0.5) is 40.3 Å². The second-order valence-corrected chi connectivity index (χ2v) is 22.4. The second kappa shape index (κ2) is 25.5. The van der Waals surface area contributed by atoms with Crippen LogP contribution in [-0.2, 0) is 33.6 Å². The van der Waals surface area contributed by atoms with Gasteiger partial charge in [-0.3, -0.25) is 34.5 Å². The van der Waals surface area contributed by atoms with Crippen LogP contribution < -0.4 is 37.2 Å². The van der Waals surface area contributed by atoms with Crippen molar-refractivity contribution in [2.24, 2.45) is 5.73 Å². The minimum atomic E-state index is -0.680. The number of nitrogens with zero attached hydrogens (tertiary/aromatic N) is 10. The number of benzene rings is 2. The fourth-order valence-electron chi connectivity index (χ4n) is 12.4. The number of carbonyl (C=O) groups is 2. The number of hydrogen-bond donors (Lipinski definition) is 8. The summed E-state index contributed by atoms with van der Waals surface area (Å²) in [7, 11) is 0. The molecule has 2 aromatic carbocycles. The third kappa shape index (κ3) is 12.8. The van der Waals surface area contributed by atoms with Crippen molar-refractivity contribution in [2.45, 2.75) is 108 Å². The van der Waals surface area contributed by atoms with Crippen LogP contribution in [0.5, 0.6) is 0 Å². The van der Waals surface area contributed by atoms with Crippen LogP contribution in [0.15, 0.2) is 60.9 Å². The highest BCUT2D eigenvalue weighted by Gasteiger charge is 2.45. The number of carbonyl (C=O) groups excluding carboxylic acids is 2. The second-order valence-electron chi connectivity index (χ2n) is 22.4. The molecule has 6 aliphatic rings. The van der Waals surface area contributed by atoms with Gasteiger partial charge in [-0.2, -0.15) is 10.2 Å². The number of hydrogen-bond acceptors (Lipinski definition) is 19. The molecule has 2 atom stereocenters. The average molecular weight is 1120 g/mol. The Bertz CT molecular complexity index is 3130. The molecule has 1 aliphatic carbocycles. The first-order chi connectivity index (χ1) is 40.2. The lowest BCUT2D eigenvalue weighted by atomic mass is 9.99. The lowest BCUT2D eigenvalue weighted by Gasteiger charge is -2.43. The maximum Gasteiger partial charge on any atom is 0.274 e. The van der Waals surface area contributed by atoms with E-state index in [1.807, 2.05) is 12.1 Å². The van der Waals surface area contributed by atoms with Gasteiger partial charge in [0.1, 0.15) is 22.8 Å². The van der Waals surface area contributed by atoms with E-state index in [2.05, 4.69) is 111 Å². The number of morpholine rings is 1. The van der Waals surface area contributed by atoms with Crippen LogP contribution in [0.2, 0.25) is 0 Å². The molecule has 82 heavy (non-hydrogen) atoms. The van der Waals surface area contributed by atoms with Crippen LogP contribution >= 0.6 is 0 Å². The Balaban J connectivity index is 0.676. The summed E-state index contributed by atoms with van der Waals surface area (Å²) >= 11 is 0. The Morgan fingerprint density at radius 1 is 0.598 bits per heavy atom. The van der Waals surface area contributed by atoms with Crippen LogP contribution in [0.1, 0.15) is 96.5 Å². The lowest BCUT2D eigenvalue weighted by Crippen LogP contribution is -2.54. The van der Waals surface area contributed by atoms with E-state index in [9.17, 15) is 9.59 Å². The minimum absolute atomic E-state index is 0.00841. The number of aromatic amines is 2. The molecule has 6 fully saturated rings. The zero-order valence-corrected chi connectivity index (χ0v) is 47.2. The highest BCUT2D eigenvalue weighted by Crippen LogP contribution is 2.36. The first-order valence-corrected chi connectivity index (χ1v) is 29.7. The van der Waals surface area contributed by atoms with Crippen molar-refractivity contribution < 1.29 is 23.8 Å². The molecule has 9 heterocycles. The molecular weight excluding hydrogens is 1040 g/mol. The number of anilines is 7. The van der Waals surface area contributed by atoms with Gasteiger partial charge < -0.3 is 51.4 Å². The van der Waals surface area contributed by atoms with Gasteiger partial charge in [0, 0.05) is 145 Å². The number of ether oxygens (including phenoxy) is 3. The molecule has 434 valence electrons. The molecule has 5 saturated heterocycles. The number of H-pyrrole nitrogens is 2. The van der Waals surface area contributed by atoms with Gasteiger partial charge in [0.2, 0.25) is 0 Å². The molecule has 1 saturated carbocycles. The molecule has 23 heteroatoms. The first kappa shape index (κ1) is 55.3.